The molecule has 0 aromatic carbocycles. The van der Waals surface area contributed by atoms with Crippen LogP contribution in [0.2, 0.25) is 0 Å². The fourth-order valence-electron chi connectivity index (χ4n) is 2.20. The lowest BCUT2D eigenvalue weighted by Crippen LogP contribution is -2.26. The average Bonchev–Trinajstić information content (AvgIpc) is 3.07. The lowest BCUT2D eigenvalue weighted by atomic mass is 10.1. The number of hydrogen-bond acceptors (Lipinski definition) is 6. The van der Waals surface area contributed by atoms with Crippen LogP contribution in [0.25, 0.3) is 0 Å². The van der Waals surface area contributed by atoms with Crippen LogP contribution in [0.5, 0.6) is 5.75 Å². The first-order valence-electron chi connectivity index (χ1n) is 6.83. The monoisotopic (exact) mass is 295 g/mol. The molecular weight excluding hydrogens is 274 g/mol. The number of nitrogens with zero attached hydrogens (tertiary/aromatic N) is 4. The first kappa shape index (κ1) is 14.9. The van der Waals surface area contributed by atoms with Crippen LogP contribution >= 0.6 is 11.5 Å². The minimum Gasteiger partial charge on any atom is -0.493 e. The normalized spacial score (nSPS) is 12.6. The summed E-state index contributed by atoms with van der Waals surface area (Å²) >= 11 is 1.44. The van der Waals surface area contributed by atoms with Crippen molar-refractivity contribution in [3.8, 4) is 5.75 Å². The maximum atomic E-state index is 5.44. The lowest BCUT2D eigenvalue weighted by Gasteiger charge is -2.19. The topological polar surface area (TPSA) is 64.9 Å². The number of nitrogens with one attached hydrogen (secondary N) is 1. The largest absolute Gasteiger partial charge is 0.493 e. The molecule has 2 aromatic heterocycles. The third-order valence-corrected chi connectivity index (χ3v) is 4.05. The zero-order valence-electron chi connectivity index (χ0n) is 12.4. The Bertz CT molecular complexity index is 551. The average molecular weight is 295 g/mol. The maximum Gasteiger partial charge on any atom is 0.161 e. The van der Waals surface area contributed by atoms with Crippen molar-refractivity contribution < 1.29 is 4.74 Å². The SMILES string of the molecule is CCCNC(c1snnc1CC)c1c(OC)cnn1C. The van der Waals surface area contributed by atoms with Crippen molar-refractivity contribution in [2.75, 3.05) is 13.7 Å². The summed E-state index contributed by atoms with van der Waals surface area (Å²) in [6.45, 7) is 5.16. The number of aryl methyl sites for hydroxylation is 2. The first-order valence-corrected chi connectivity index (χ1v) is 7.60. The number of ether oxygens (including phenoxy) is 1. The van der Waals surface area contributed by atoms with E-state index in [4.69, 9.17) is 4.74 Å². The van der Waals surface area contributed by atoms with Gasteiger partial charge in [-0.3, -0.25) is 4.68 Å². The molecule has 0 radical (unpaired) electrons. The third kappa shape index (κ3) is 2.83. The summed E-state index contributed by atoms with van der Waals surface area (Å²) in [5, 5.41) is 12.1. The van der Waals surface area contributed by atoms with E-state index in [-0.39, 0.29) is 6.04 Å². The second kappa shape index (κ2) is 6.81. The summed E-state index contributed by atoms with van der Waals surface area (Å²) in [4.78, 5) is 1.14. The molecule has 2 aromatic rings. The van der Waals surface area contributed by atoms with Crippen LogP contribution in [0.1, 0.15) is 42.6 Å². The zero-order chi connectivity index (χ0) is 14.5. The second-order valence-electron chi connectivity index (χ2n) is 4.55. The Morgan fingerprint density at radius 2 is 2.25 bits per heavy atom. The highest BCUT2D eigenvalue weighted by molar-refractivity contribution is 7.05. The summed E-state index contributed by atoms with van der Waals surface area (Å²) in [5.74, 6) is 0.788. The summed E-state index contributed by atoms with van der Waals surface area (Å²) in [6.07, 6.45) is 3.68. The molecular formula is C13H21N5OS. The van der Waals surface area contributed by atoms with E-state index >= 15 is 0 Å². The summed E-state index contributed by atoms with van der Waals surface area (Å²) < 4.78 is 11.4. The Labute approximate surface area is 123 Å². The molecule has 1 atom stereocenters. The summed E-state index contributed by atoms with van der Waals surface area (Å²) in [6, 6.07) is 0.0207. The van der Waals surface area contributed by atoms with E-state index in [9.17, 15) is 0 Å². The molecule has 0 aliphatic heterocycles. The third-order valence-electron chi connectivity index (χ3n) is 3.22. The molecule has 0 aliphatic rings. The minimum atomic E-state index is 0.0207. The van der Waals surface area contributed by atoms with Gasteiger partial charge in [0.25, 0.3) is 0 Å². The van der Waals surface area contributed by atoms with Crippen LogP contribution in [0.3, 0.4) is 0 Å². The molecule has 6 nitrogen and oxygen atoms in total. The van der Waals surface area contributed by atoms with Crippen LogP contribution in [0.4, 0.5) is 0 Å². The molecule has 110 valence electrons. The molecule has 0 saturated carbocycles. The Hall–Kier alpha value is -1.47. The van der Waals surface area contributed by atoms with E-state index in [0.29, 0.717) is 0 Å². The van der Waals surface area contributed by atoms with Gasteiger partial charge < -0.3 is 10.1 Å². The van der Waals surface area contributed by atoms with Gasteiger partial charge in [-0.05, 0) is 30.9 Å². The van der Waals surface area contributed by atoms with Crippen LogP contribution < -0.4 is 10.1 Å². The predicted molar refractivity (Wildman–Crippen MR) is 79.2 cm³/mol. The van der Waals surface area contributed by atoms with Gasteiger partial charge in [-0.1, -0.05) is 18.3 Å². The van der Waals surface area contributed by atoms with Gasteiger partial charge in [-0.2, -0.15) is 5.10 Å². The quantitative estimate of drug-likeness (QED) is 0.845. The van der Waals surface area contributed by atoms with Crippen molar-refractivity contribution in [1.29, 1.82) is 0 Å². The number of aromatic nitrogens is 4. The number of hydrogen-bond donors (Lipinski definition) is 1. The van der Waals surface area contributed by atoms with Gasteiger partial charge in [-0.25, -0.2) is 0 Å². The fourth-order valence-corrected chi connectivity index (χ4v) is 3.01. The summed E-state index contributed by atoms with van der Waals surface area (Å²) in [5.41, 5.74) is 2.05. The molecule has 0 bridgehead atoms. The van der Waals surface area contributed by atoms with Gasteiger partial charge in [-0.15, -0.1) is 5.10 Å². The van der Waals surface area contributed by atoms with Crippen molar-refractivity contribution in [2.45, 2.75) is 32.7 Å². The Morgan fingerprint density at radius 1 is 1.45 bits per heavy atom. The second-order valence-corrected chi connectivity index (χ2v) is 5.33. The van der Waals surface area contributed by atoms with E-state index in [0.717, 1.165) is 41.4 Å². The van der Waals surface area contributed by atoms with E-state index in [1.54, 1.807) is 13.3 Å². The Balaban J connectivity index is 2.44. The van der Waals surface area contributed by atoms with Gasteiger partial charge in [0.15, 0.2) is 5.75 Å². The standard InChI is InChI=1S/C13H21N5OS/c1-5-7-14-11(13-9(6-2)16-17-20-13)12-10(19-4)8-15-18(12)3/h8,11,14H,5-7H2,1-4H3. The molecule has 0 amide bonds. The van der Waals surface area contributed by atoms with Crippen LogP contribution in [0.15, 0.2) is 6.20 Å². The highest BCUT2D eigenvalue weighted by Gasteiger charge is 2.26. The van der Waals surface area contributed by atoms with E-state index in [1.807, 2.05) is 11.7 Å². The van der Waals surface area contributed by atoms with Crippen molar-refractivity contribution in [3.63, 3.8) is 0 Å². The van der Waals surface area contributed by atoms with E-state index < -0.39 is 0 Å². The zero-order valence-corrected chi connectivity index (χ0v) is 13.2. The van der Waals surface area contributed by atoms with Crippen LogP contribution in [-0.4, -0.2) is 33.0 Å². The number of methoxy groups -OCH3 is 1. The summed E-state index contributed by atoms with van der Waals surface area (Å²) in [7, 11) is 3.60. The van der Waals surface area contributed by atoms with Gasteiger partial charge in [0.2, 0.25) is 0 Å². The van der Waals surface area contributed by atoms with Crippen molar-refractivity contribution in [1.82, 2.24) is 24.7 Å². The molecule has 0 aliphatic carbocycles. The smallest absolute Gasteiger partial charge is 0.161 e. The van der Waals surface area contributed by atoms with Crippen molar-refractivity contribution >= 4 is 11.5 Å². The fraction of sp³-hybridized carbons (Fsp3) is 0.615. The van der Waals surface area contributed by atoms with Gasteiger partial charge >= 0.3 is 0 Å². The Kier molecular flexibility index (Phi) is 5.08. The molecule has 2 rings (SSSR count). The van der Waals surface area contributed by atoms with Gasteiger partial charge in [0.05, 0.1) is 29.9 Å². The van der Waals surface area contributed by atoms with Crippen molar-refractivity contribution in [3.05, 3.63) is 22.5 Å². The number of rotatable bonds is 7. The van der Waals surface area contributed by atoms with Gasteiger partial charge in [0.1, 0.15) is 5.69 Å². The lowest BCUT2D eigenvalue weighted by molar-refractivity contribution is 0.401. The molecule has 20 heavy (non-hydrogen) atoms. The highest BCUT2D eigenvalue weighted by atomic mass is 32.1. The van der Waals surface area contributed by atoms with E-state index in [2.05, 4.69) is 33.8 Å². The van der Waals surface area contributed by atoms with Crippen LogP contribution in [0, 0.1) is 0 Å². The van der Waals surface area contributed by atoms with Crippen LogP contribution in [-0.2, 0) is 13.5 Å². The maximum absolute atomic E-state index is 5.44. The molecule has 0 spiro atoms. The van der Waals surface area contributed by atoms with Gasteiger partial charge in [0, 0.05) is 7.05 Å². The molecule has 0 fully saturated rings. The predicted octanol–water partition coefficient (Wildman–Crippen LogP) is 1.93. The first-order chi connectivity index (χ1) is 9.72. The van der Waals surface area contributed by atoms with Crippen molar-refractivity contribution in [2.24, 2.45) is 7.05 Å². The Morgan fingerprint density at radius 3 is 2.90 bits per heavy atom. The minimum absolute atomic E-state index is 0.0207. The molecule has 1 unspecified atom stereocenters. The molecule has 2 heterocycles. The molecule has 1 N–H and O–H groups in total. The molecule has 0 saturated heterocycles. The van der Waals surface area contributed by atoms with E-state index in [1.165, 1.54) is 11.5 Å². The molecule has 7 heteroatoms. The highest BCUT2D eigenvalue weighted by Crippen LogP contribution is 2.32.